The number of hydrogen-bond donors (Lipinski definition) is 2. The standard InChI is InChI=1S/C14H17ClN4S.HI/c15-10-4-5-12-11(6-10)19-13(20-12)8-18-14(16)17-7-9-2-1-3-9;/h4-6,9H,1-3,7-8H2,(H3,16,17,18);1H. The van der Waals surface area contributed by atoms with Gasteiger partial charge < -0.3 is 11.1 Å². The van der Waals surface area contributed by atoms with E-state index < -0.39 is 0 Å². The molecule has 3 rings (SSSR count). The van der Waals surface area contributed by atoms with Gasteiger partial charge in [0, 0.05) is 11.6 Å². The summed E-state index contributed by atoms with van der Waals surface area (Å²) in [5.41, 5.74) is 6.79. The van der Waals surface area contributed by atoms with Gasteiger partial charge in [0.25, 0.3) is 0 Å². The number of thiazole rings is 1. The Morgan fingerprint density at radius 1 is 1.48 bits per heavy atom. The molecule has 7 heteroatoms. The number of rotatable bonds is 4. The number of aliphatic imine (C=N–C) groups is 1. The van der Waals surface area contributed by atoms with Crippen LogP contribution in [0, 0.1) is 5.92 Å². The van der Waals surface area contributed by atoms with E-state index in [1.807, 2.05) is 18.2 Å². The third-order valence-electron chi connectivity index (χ3n) is 3.58. The third-order valence-corrected chi connectivity index (χ3v) is 4.83. The predicted molar refractivity (Wildman–Crippen MR) is 101 cm³/mol. The molecular formula is C14H18ClIN4S. The van der Waals surface area contributed by atoms with E-state index in [1.54, 1.807) is 11.3 Å². The van der Waals surface area contributed by atoms with Crippen LogP contribution < -0.4 is 11.1 Å². The van der Waals surface area contributed by atoms with Crippen molar-refractivity contribution in [2.75, 3.05) is 6.54 Å². The zero-order valence-corrected chi connectivity index (χ0v) is 15.4. The summed E-state index contributed by atoms with van der Waals surface area (Å²) in [4.78, 5) is 8.85. The molecule has 0 unspecified atom stereocenters. The fourth-order valence-corrected chi connectivity index (χ4v) is 3.21. The van der Waals surface area contributed by atoms with Gasteiger partial charge in [-0.15, -0.1) is 35.3 Å². The highest BCUT2D eigenvalue weighted by molar-refractivity contribution is 14.0. The largest absolute Gasteiger partial charge is 0.370 e. The van der Waals surface area contributed by atoms with E-state index in [0.29, 0.717) is 17.5 Å². The van der Waals surface area contributed by atoms with Crippen molar-refractivity contribution in [3.8, 4) is 0 Å². The van der Waals surface area contributed by atoms with Gasteiger partial charge in [0.1, 0.15) is 5.01 Å². The van der Waals surface area contributed by atoms with E-state index in [2.05, 4.69) is 15.3 Å². The first-order valence-electron chi connectivity index (χ1n) is 6.79. The van der Waals surface area contributed by atoms with Crippen molar-refractivity contribution in [1.29, 1.82) is 0 Å². The van der Waals surface area contributed by atoms with Crippen LogP contribution in [0.15, 0.2) is 23.2 Å². The van der Waals surface area contributed by atoms with Crippen LogP contribution in [0.3, 0.4) is 0 Å². The smallest absolute Gasteiger partial charge is 0.189 e. The summed E-state index contributed by atoms with van der Waals surface area (Å²) < 4.78 is 1.13. The van der Waals surface area contributed by atoms with Crippen molar-refractivity contribution in [2.24, 2.45) is 16.6 Å². The van der Waals surface area contributed by atoms with Gasteiger partial charge in [0.05, 0.1) is 16.8 Å². The number of benzene rings is 1. The van der Waals surface area contributed by atoms with Crippen molar-refractivity contribution in [2.45, 2.75) is 25.8 Å². The quantitative estimate of drug-likeness (QED) is 0.436. The average Bonchev–Trinajstić information content (AvgIpc) is 2.76. The molecule has 0 atom stereocenters. The average molecular weight is 437 g/mol. The Morgan fingerprint density at radius 3 is 3.00 bits per heavy atom. The molecule has 1 heterocycles. The molecule has 1 aromatic carbocycles. The summed E-state index contributed by atoms with van der Waals surface area (Å²) >= 11 is 7.58. The van der Waals surface area contributed by atoms with Crippen molar-refractivity contribution < 1.29 is 0 Å². The van der Waals surface area contributed by atoms with Gasteiger partial charge >= 0.3 is 0 Å². The maximum absolute atomic E-state index is 5.95. The highest BCUT2D eigenvalue weighted by Crippen LogP contribution is 2.26. The molecule has 1 saturated carbocycles. The van der Waals surface area contributed by atoms with Gasteiger partial charge in [0.15, 0.2) is 5.96 Å². The fourth-order valence-electron chi connectivity index (χ4n) is 2.17. The molecule has 3 N–H and O–H groups in total. The Balaban J connectivity index is 0.00000161. The van der Waals surface area contributed by atoms with Gasteiger partial charge in [-0.1, -0.05) is 18.0 Å². The summed E-state index contributed by atoms with van der Waals surface area (Å²) in [6.07, 6.45) is 3.95. The molecule has 1 aliphatic rings. The van der Waals surface area contributed by atoms with Crippen molar-refractivity contribution in [3.05, 3.63) is 28.2 Å². The molecule has 0 saturated heterocycles. The van der Waals surface area contributed by atoms with Crippen molar-refractivity contribution >= 4 is 63.1 Å². The first-order valence-corrected chi connectivity index (χ1v) is 7.99. The van der Waals surface area contributed by atoms with E-state index in [9.17, 15) is 0 Å². The summed E-state index contributed by atoms with van der Waals surface area (Å²) in [6.45, 7) is 1.45. The Kier molecular flexibility index (Phi) is 6.07. The number of aromatic nitrogens is 1. The second kappa shape index (κ2) is 7.60. The lowest BCUT2D eigenvalue weighted by molar-refractivity contribution is 0.315. The minimum Gasteiger partial charge on any atom is -0.370 e. The molecule has 0 bridgehead atoms. The van der Waals surface area contributed by atoms with E-state index >= 15 is 0 Å². The first kappa shape index (κ1) is 16.8. The van der Waals surface area contributed by atoms with Crippen LogP contribution in [0.1, 0.15) is 24.3 Å². The topological polar surface area (TPSA) is 63.3 Å². The Hall–Kier alpha value is -0.600. The second-order valence-corrected chi connectivity index (χ2v) is 6.65. The van der Waals surface area contributed by atoms with E-state index in [4.69, 9.17) is 17.3 Å². The van der Waals surface area contributed by atoms with Crippen LogP contribution in [0.5, 0.6) is 0 Å². The van der Waals surface area contributed by atoms with Gasteiger partial charge in [-0.2, -0.15) is 0 Å². The van der Waals surface area contributed by atoms with Gasteiger partial charge in [0.2, 0.25) is 0 Å². The summed E-state index contributed by atoms with van der Waals surface area (Å²) in [5, 5.41) is 4.84. The lowest BCUT2D eigenvalue weighted by Crippen LogP contribution is -2.37. The van der Waals surface area contributed by atoms with E-state index in [-0.39, 0.29) is 24.0 Å². The van der Waals surface area contributed by atoms with E-state index in [1.165, 1.54) is 19.3 Å². The van der Waals surface area contributed by atoms with Gasteiger partial charge in [-0.3, -0.25) is 0 Å². The minimum atomic E-state index is 0. The zero-order chi connectivity index (χ0) is 13.9. The number of nitrogens with zero attached hydrogens (tertiary/aromatic N) is 2. The third kappa shape index (κ3) is 4.43. The Bertz CT molecular complexity index is 639. The molecule has 2 aromatic rings. The minimum absolute atomic E-state index is 0. The molecule has 1 aliphatic carbocycles. The van der Waals surface area contributed by atoms with Crippen LogP contribution in [0.25, 0.3) is 10.2 Å². The predicted octanol–water partition coefficient (Wildman–Crippen LogP) is 3.77. The molecule has 1 fully saturated rings. The molecule has 21 heavy (non-hydrogen) atoms. The normalized spacial score (nSPS) is 15.6. The van der Waals surface area contributed by atoms with Crippen LogP contribution in [0.2, 0.25) is 5.02 Å². The van der Waals surface area contributed by atoms with Gasteiger partial charge in [-0.25, -0.2) is 9.98 Å². The van der Waals surface area contributed by atoms with Crippen LogP contribution >= 0.6 is 46.9 Å². The fraction of sp³-hybridized carbons (Fsp3) is 0.429. The van der Waals surface area contributed by atoms with Crippen molar-refractivity contribution in [1.82, 2.24) is 10.3 Å². The molecule has 0 amide bonds. The maximum Gasteiger partial charge on any atom is 0.189 e. The number of hydrogen-bond acceptors (Lipinski definition) is 3. The molecule has 114 valence electrons. The first-order chi connectivity index (χ1) is 9.70. The van der Waals surface area contributed by atoms with E-state index in [0.717, 1.165) is 27.7 Å². The molecule has 0 aliphatic heterocycles. The van der Waals surface area contributed by atoms with Crippen LogP contribution in [-0.2, 0) is 6.54 Å². The monoisotopic (exact) mass is 436 g/mol. The molecule has 0 radical (unpaired) electrons. The highest BCUT2D eigenvalue weighted by Gasteiger charge is 2.16. The van der Waals surface area contributed by atoms with Crippen LogP contribution in [0.4, 0.5) is 0 Å². The molecular weight excluding hydrogens is 419 g/mol. The molecule has 4 nitrogen and oxygen atoms in total. The van der Waals surface area contributed by atoms with Crippen molar-refractivity contribution in [3.63, 3.8) is 0 Å². The zero-order valence-electron chi connectivity index (χ0n) is 11.5. The maximum atomic E-state index is 5.95. The lowest BCUT2D eigenvalue weighted by atomic mass is 9.85. The lowest BCUT2D eigenvalue weighted by Gasteiger charge is -2.25. The van der Waals surface area contributed by atoms with Gasteiger partial charge in [-0.05, 0) is 37.0 Å². The summed E-state index contributed by atoms with van der Waals surface area (Å²) in [7, 11) is 0. The number of nitrogens with two attached hydrogens (primary N) is 1. The highest BCUT2D eigenvalue weighted by atomic mass is 127. The number of guanidine groups is 1. The summed E-state index contributed by atoms with van der Waals surface area (Å²) in [6, 6.07) is 5.74. The second-order valence-electron chi connectivity index (χ2n) is 5.10. The SMILES string of the molecule is I.NC(=NCc1nc2cc(Cl)ccc2s1)NCC1CCC1. The number of nitrogens with one attached hydrogen (secondary N) is 1. The Morgan fingerprint density at radius 2 is 2.29 bits per heavy atom. The Labute approximate surface area is 150 Å². The molecule has 1 aromatic heterocycles. The number of halogens is 2. The van der Waals surface area contributed by atoms with Crippen LogP contribution in [-0.4, -0.2) is 17.5 Å². The molecule has 0 spiro atoms. The number of fused-ring (bicyclic) bond motifs is 1. The summed E-state index contributed by atoms with van der Waals surface area (Å²) in [5.74, 6) is 1.28.